The first-order chi connectivity index (χ1) is 10.7. The van der Waals surface area contributed by atoms with E-state index < -0.39 is 10.0 Å². The first-order valence-corrected chi connectivity index (χ1v) is 9.97. The van der Waals surface area contributed by atoms with E-state index in [1.54, 1.807) is 18.2 Å². The Morgan fingerprint density at radius 1 is 1.35 bits per heavy atom. The fourth-order valence-electron chi connectivity index (χ4n) is 2.94. The third-order valence-corrected chi connectivity index (χ3v) is 6.82. The molecule has 0 bridgehead atoms. The summed E-state index contributed by atoms with van der Waals surface area (Å²) in [4.78, 5) is 0. The molecule has 1 aliphatic heterocycles. The number of hydrogen-bond donors (Lipinski definition) is 1. The van der Waals surface area contributed by atoms with Crippen molar-refractivity contribution in [1.82, 2.24) is 19.4 Å². The number of rotatable bonds is 6. The van der Waals surface area contributed by atoms with E-state index in [1.165, 1.54) is 5.56 Å². The Morgan fingerprint density at radius 2 is 2.04 bits per heavy atom. The summed E-state index contributed by atoms with van der Waals surface area (Å²) >= 11 is 0. The zero-order valence-corrected chi connectivity index (χ0v) is 15.7. The van der Waals surface area contributed by atoms with Crippen LogP contribution in [0.15, 0.2) is 12.4 Å². The summed E-state index contributed by atoms with van der Waals surface area (Å²) in [6, 6.07) is 0.711. The first kappa shape index (κ1) is 18.4. The maximum atomic E-state index is 12.3. The summed E-state index contributed by atoms with van der Waals surface area (Å²) < 4.78 is 28.2. The third-order valence-electron chi connectivity index (χ3n) is 4.58. The van der Waals surface area contributed by atoms with Crippen LogP contribution < -0.4 is 5.32 Å². The summed E-state index contributed by atoms with van der Waals surface area (Å²) in [7, 11) is -3.14. The number of aromatic nitrogens is 2. The largest absolute Gasteiger partial charge is 0.309 e. The summed E-state index contributed by atoms with van der Waals surface area (Å²) in [6.07, 6.45) is 4.82. The Balaban J connectivity index is 1.89. The quantitative estimate of drug-likeness (QED) is 0.859. The first-order valence-electron chi connectivity index (χ1n) is 8.47. The maximum absolute atomic E-state index is 12.3. The van der Waals surface area contributed by atoms with Crippen LogP contribution in [-0.4, -0.2) is 46.9 Å². The SMILES string of the molecule is CC(C)n1cc(CN[C@@H]2CCN(S(=O)(=O)C(C)C)C[C@H]2C)cn1. The zero-order chi connectivity index (χ0) is 17.2. The molecule has 1 aliphatic rings. The van der Waals surface area contributed by atoms with Crippen LogP contribution in [-0.2, 0) is 16.6 Å². The highest BCUT2D eigenvalue weighted by molar-refractivity contribution is 7.89. The number of nitrogens with one attached hydrogen (secondary N) is 1. The number of nitrogens with zero attached hydrogens (tertiary/aromatic N) is 3. The molecule has 1 aromatic heterocycles. The van der Waals surface area contributed by atoms with Crippen molar-refractivity contribution < 1.29 is 8.42 Å². The minimum Gasteiger partial charge on any atom is -0.309 e. The molecule has 1 N–H and O–H groups in total. The highest BCUT2D eigenvalue weighted by Gasteiger charge is 2.33. The highest BCUT2D eigenvalue weighted by Crippen LogP contribution is 2.22. The summed E-state index contributed by atoms with van der Waals surface area (Å²) in [5.74, 6) is 0.303. The molecule has 0 aliphatic carbocycles. The Hall–Kier alpha value is -0.920. The lowest BCUT2D eigenvalue weighted by atomic mass is 9.95. The average Bonchev–Trinajstić information content (AvgIpc) is 2.94. The second-order valence-electron chi connectivity index (χ2n) is 7.13. The molecule has 1 fully saturated rings. The van der Waals surface area contributed by atoms with Crippen molar-refractivity contribution >= 4 is 10.0 Å². The predicted octanol–water partition coefficient (Wildman–Crippen LogP) is 2.00. The topological polar surface area (TPSA) is 67.2 Å². The fourth-order valence-corrected chi connectivity index (χ4v) is 4.34. The molecule has 0 unspecified atom stereocenters. The standard InChI is InChI=1S/C16H30N4O2S/c1-12(2)20-11-15(9-18-20)8-17-16-6-7-19(10-14(16)5)23(21,22)13(3)4/h9,11-14,16-17H,6-8,10H2,1-5H3/t14-,16-/m1/s1. The molecule has 0 spiro atoms. The third kappa shape index (κ3) is 4.33. The van der Waals surface area contributed by atoms with Crippen molar-refractivity contribution in [3.8, 4) is 0 Å². The van der Waals surface area contributed by atoms with Crippen LogP contribution in [0.5, 0.6) is 0 Å². The Kier molecular flexibility index (Phi) is 5.86. The zero-order valence-electron chi connectivity index (χ0n) is 14.9. The van der Waals surface area contributed by atoms with E-state index in [1.807, 2.05) is 10.9 Å². The van der Waals surface area contributed by atoms with Crippen molar-refractivity contribution in [2.45, 2.75) is 64.9 Å². The normalized spacial score (nSPS) is 23.8. The van der Waals surface area contributed by atoms with Gasteiger partial charge in [-0.15, -0.1) is 0 Å². The Morgan fingerprint density at radius 3 is 2.57 bits per heavy atom. The molecule has 0 amide bonds. The fraction of sp³-hybridized carbons (Fsp3) is 0.812. The summed E-state index contributed by atoms with van der Waals surface area (Å²) in [5.41, 5.74) is 1.17. The molecule has 7 heteroatoms. The van der Waals surface area contributed by atoms with E-state index in [0.717, 1.165) is 13.0 Å². The van der Waals surface area contributed by atoms with Gasteiger partial charge in [-0.3, -0.25) is 4.68 Å². The second-order valence-corrected chi connectivity index (χ2v) is 9.62. The van der Waals surface area contributed by atoms with Gasteiger partial charge < -0.3 is 5.32 Å². The average molecular weight is 343 g/mol. The number of piperidine rings is 1. The second kappa shape index (κ2) is 7.32. The molecule has 132 valence electrons. The molecule has 1 aromatic rings. The molecule has 2 rings (SSSR count). The minimum atomic E-state index is -3.14. The molecular weight excluding hydrogens is 312 g/mol. The van der Waals surface area contributed by atoms with E-state index in [0.29, 0.717) is 31.1 Å². The van der Waals surface area contributed by atoms with Gasteiger partial charge in [0.05, 0.1) is 11.4 Å². The lowest BCUT2D eigenvalue weighted by Crippen LogP contribution is -2.51. The molecule has 2 heterocycles. The molecule has 1 saturated heterocycles. The van der Waals surface area contributed by atoms with Gasteiger partial charge in [-0.25, -0.2) is 12.7 Å². The summed E-state index contributed by atoms with van der Waals surface area (Å²) in [5, 5.41) is 7.57. The van der Waals surface area contributed by atoms with Crippen LogP contribution in [0.2, 0.25) is 0 Å². The summed E-state index contributed by atoms with van der Waals surface area (Å²) in [6.45, 7) is 11.8. The van der Waals surface area contributed by atoms with Gasteiger partial charge in [0, 0.05) is 43.5 Å². The van der Waals surface area contributed by atoms with Gasteiger partial charge in [0.1, 0.15) is 0 Å². The van der Waals surface area contributed by atoms with E-state index in [2.05, 4.69) is 37.4 Å². The lowest BCUT2D eigenvalue weighted by Gasteiger charge is -2.37. The Bertz CT molecular complexity index is 609. The molecule has 2 atom stereocenters. The monoisotopic (exact) mass is 342 g/mol. The minimum absolute atomic E-state index is 0.303. The van der Waals surface area contributed by atoms with Crippen molar-refractivity contribution in [2.75, 3.05) is 13.1 Å². The van der Waals surface area contributed by atoms with Crippen molar-refractivity contribution in [3.05, 3.63) is 18.0 Å². The van der Waals surface area contributed by atoms with Crippen LogP contribution in [0.25, 0.3) is 0 Å². The van der Waals surface area contributed by atoms with Crippen molar-refractivity contribution in [2.24, 2.45) is 5.92 Å². The maximum Gasteiger partial charge on any atom is 0.216 e. The molecule has 6 nitrogen and oxygen atoms in total. The van der Waals surface area contributed by atoms with Crippen LogP contribution in [0.3, 0.4) is 0 Å². The smallest absolute Gasteiger partial charge is 0.216 e. The van der Waals surface area contributed by atoms with Gasteiger partial charge >= 0.3 is 0 Å². The lowest BCUT2D eigenvalue weighted by molar-refractivity contribution is 0.218. The highest BCUT2D eigenvalue weighted by atomic mass is 32.2. The van der Waals surface area contributed by atoms with E-state index >= 15 is 0 Å². The van der Waals surface area contributed by atoms with Crippen molar-refractivity contribution in [1.29, 1.82) is 0 Å². The van der Waals surface area contributed by atoms with E-state index in [4.69, 9.17) is 0 Å². The van der Waals surface area contributed by atoms with Gasteiger partial charge in [0.15, 0.2) is 0 Å². The van der Waals surface area contributed by atoms with Gasteiger partial charge in [0.2, 0.25) is 10.0 Å². The van der Waals surface area contributed by atoms with Crippen LogP contribution in [0, 0.1) is 5.92 Å². The van der Waals surface area contributed by atoms with Crippen LogP contribution >= 0.6 is 0 Å². The Labute approximate surface area is 140 Å². The molecule has 0 aromatic carbocycles. The molecule has 23 heavy (non-hydrogen) atoms. The van der Waals surface area contributed by atoms with E-state index in [-0.39, 0.29) is 5.25 Å². The van der Waals surface area contributed by atoms with Crippen LogP contribution in [0.4, 0.5) is 0 Å². The van der Waals surface area contributed by atoms with Gasteiger partial charge in [0.25, 0.3) is 0 Å². The van der Waals surface area contributed by atoms with E-state index in [9.17, 15) is 8.42 Å². The number of hydrogen-bond acceptors (Lipinski definition) is 4. The molecular formula is C16H30N4O2S. The van der Waals surface area contributed by atoms with Crippen molar-refractivity contribution in [3.63, 3.8) is 0 Å². The number of sulfonamides is 1. The van der Waals surface area contributed by atoms with Crippen LogP contribution in [0.1, 0.15) is 52.6 Å². The molecule has 0 radical (unpaired) electrons. The predicted molar refractivity (Wildman–Crippen MR) is 92.6 cm³/mol. The molecule has 0 saturated carbocycles. The van der Waals surface area contributed by atoms with Gasteiger partial charge in [-0.2, -0.15) is 5.10 Å². The van der Waals surface area contributed by atoms with Gasteiger partial charge in [-0.1, -0.05) is 6.92 Å². The van der Waals surface area contributed by atoms with Gasteiger partial charge in [-0.05, 0) is 40.0 Å².